The summed E-state index contributed by atoms with van der Waals surface area (Å²) in [6.07, 6.45) is 0. The molecule has 0 radical (unpaired) electrons. The maximum Gasteiger partial charge on any atom is 0.194 e. The summed E-state index contributed by atoms with van der Waals surface area (Å²) in [5, 5.41) is 13.4. The van der Waals surface area contributed by atoms with Gasteiger partial charge in [0.25, 0.3) is 0 Å². The highest BCUT2D eigenvalue weighted by molar-refractivity contribution is 6.53. The smallest absolute Gasteiger partial charge is 0.194 e. The largest absolute Gasteiger partial charge is 0.304 e. The van der Waals surface area contributed by atoms with E-state index in [4.69, 9.17) is 0 Å². The number of Topliss-reactive ketones (excluding diaryl/α,β-unsaturated/α-hetero) is 2. The Kier molecular flexibility index (Phi) is 4.43. The molecule has 0 saturated carbocycles. The minimum absolute atomic E-state index is 0.0315. The molecule has 0 fully saturated rings. The number of carbonyl (C=O) groups excluding carboxylic acids is 2. The first-order valence-corrected chi connectivity index (χ1v) is 6.95. The Labute approximate surface area is 126 Å². The van der Waals surface area contributed by atoms with Crippen molar-refractivity contribution in [1.82, 2.24) is 5.43 Å². The first kappa shape index (κ1) is 17.1. The quantitative estimate of drug-likeness (QED) is 0.593. The number of nitriles is 1. The van der Waals surface area contributed by atoms with Gasteiger partial charge >= 0.3 is 0 Å². The van der Waals surface area contributed by atoms with E-state index in [9.17, 15) is 14.9 Å². The number of ketones is 2. The van der Waals surface area contributed by atoms with Gasteiger partial charge in [0.05, 0.1) is 5.92 Å². The molecule has 1 unspecified atom stereocenters. The Morgan fingerprint density at radius 3 is 2.00 bits per heavy atom. The zero-order valence-corrected chi connectivity index (χ0v) is 13.8. The summed E-state index contributed by atoms with van der Waals surface area (Å²) in [6, 6.07) is 1.92. The van der Waals surface area contributed by atoms with Gasteiger partial charge in [-0.25, -0.2) is 0 Å². The molecular weight excluding hydrogens is 266 g/mol. The van der Waals surface area contributed by atoms with Crippen molar-refractivity contribution in [3.05, 3.63) is 11.1 Å². The van der Waals surface area contributed by atoms with Gasteiger partial charge in [0.1, 0.15) is 17.4 Å². The molecule has 0 aliphatic heterocycles. The zero-order valence-electron chi connectivity index (χ0n) is 13.8. The predicted octanol–water partition coefficient (Wildman–Crippen LogP) is 2.38. The van der Waals surface area contributed by atoms with Crippen LogP contribution in [0.4, 0.5) is 0 Å². The fourth-order valence-electron chi connectivity index (χ4n) is 2.18. The standard InChI is InChI=1S/C16H23N3O2/c1-9-10(8-17)13(20)11(15(2,3)4)14(21)12(9)18-19-16(5,6)7/h11,19H,1-7H3/b18-12-. The van der Waals surface area contributed by atoms with Crippen LogP contribution in [0.25, 0.3) is 0 Å². The highest BCUT2D eigenvalue weighted by atomic mass is 16.2. The Bertz CT molecular complexity index is 578. The molecule has 5 nitrogen and oxygen atoms in total. The highest BCUT2D eigenvalue weighted by Gasteiger charge is 2.45. The summed E-state index contributed by atoms with van der Waals surface area (Å²) in [5.41, 5.74) is 2.60. The van der Waals surface area contributed by atoms with Crippen LogP contribution in [-0.4, -0.2) is 22.8 Å². The number of hydrogen-bond donors (Lipinski definition) is 1. The third kappa shape index (κ3) is 3.57. The van der Waals surface area contributed by atoms with Crippen LogP contribution in [0, 0.1) is 22.7 Å². The van der Waals surface area contributed by atoms with Crippen LogP contribution in [-0.2, 0) is 9.59 Å². The lowest BCUT2D eigenvalue weighted by atomic mass is 9.68. The second-order valence-electron chi connectivity index (χ2n) is 7.46. The molecule has 1 atom stereocenters. The van der Waals surface area contributed by atoms with Crippen LogP contribution in [0.5, 0.6) is 0 Å². The third-order valence-corrected chi connectivity index (χ3v) is 3.22. The normalized spacial score (nSPS) is 22.6. The first-order valence-electron chi connectivity index (χ1n) is 6.95. The molecule has 0 aromatic carbocycles. The summed E-state index contributed by atoms with van der Waals surface area (Å²) < 4.78 is 0. The summed E-state index contributed by atoms with van der Waals surface area (Å²) in [6.45, 7) is 12.8. The molecule has 0 amide bonds. The fraction of sp³-hybridized carbons (Fsp3) is 0.625. The van der Waals surface area contributed by atoms with Gasteiger partial charge in [-0.2, -0.15) is 10.4 Å². The lowest BCUT2D eigenvalue weighted by Crippen LogP contribution is -2.45. The fourth-order valence-corrected chi connectivity index (χ4v) is 2.18. The molecule has 0 spiro atoms. The third-order valence-electron chi connectivity index (χ3n) is 3.22. The Balaban J connectivity index is 3.44. The zero-order chi connectivity index (χ0) is 16.6. The molecule has 1 rings (SSSR count). The van der Waals surface area contributed by atoms with E-state index in [-0.39, 0.29) is 22.6 Å². The van der Waals surface area contributed by atoms with Gasteiger partial charge in [-0.1, -0.05) is 20.8 Å². The lowest BCUT2D eigenvalue weighted by Gasteiger charge is -2.32. The van der Waals surface area contributed by atoms with E-state index in [0.29, 0.717) is 5.57 Å². The Morgan fingerprint density at radius 2 is 1.62 bits per heavy atom. The lowest BCUT2D eigenvalue weighted by molar-refractivity contribution is -0.131. The van der Waals surface area contributed by atoms with Crippen molar-refractivity contribution in [3.63, 3.8) is 0 Å². The molecule has 1 N–H and O–H groups in total. The van der Waals surface area contributed by atoms with E-state index in [1.54, 1.807) is 6.92 Å². The van der Waals surface area contributed by atoms with Crippen molar-refractivity contribution in [1.29, 1.82) is 5.26 Å². The Hall–Kier alpha value is -1.96. The average Bonchev–Trinajstić information content (AvgIpc) is 2.25. The van der Waals surface area contributed by atoms with Gasteiger partial charge in [-0.05, 0) is 33.1 Å². The van der Waals surface area contributed by atoms with E-state index >= 15 is 0 Å². The highest BCUT2D eigenvalue weighted by Crippen LogP contribution is 2.34. The number of nitrogens with zero attached hydrogens (tertiary/aromatic N) is 2. The molecule has 0 aromatic rings. The molecule has 0 saturated heterocycles. The predicted molar refractivity (Wildman–Crippen MR) is 81.6 cm³/mol. The van der Waals surface area contributed by atoms with Crippen molar-refractivity contribution >= 4 is 17.3 Å². The molecule has 1 aliphatic rings. The van der Waals surface area contributed by atoms with Crippen molar-refractivity contribution in [2.75, 3.05) is 0 Å². The summed E-state index contributed by atoms with van der Waals surface area (Å²) >= 11 is 0. The average molecular weight is 289 g/mol. The van der Waals surface area contributed by atoms with Crippen molar-refractivity contribution < 1.29 is 9.59 Å². The Morgan fingerprint density at radius 1 is 1.10 bits per heavy atom. The molecule has 0 aromatic heterocycles. The number of allylic oxidation sites excluding steroid dienone is 2. The van der Waals surface area contributed by atoms with Crippen LogP contribution in [0.2, 0.25) is 0 Å². The maximum absolute atomic E-state index is 12.6. The maximum atomic E-state index is 12.6. The molecular formula is C16H23N3O2. The number of hydrogen-bond acceptors (Lipinski definition) is 5. The van der Waals surface area contributed by atoms with E-state index < -0.39 is 17.1 Å². The molecule has 21 heavy (non-hydrogen) atoms. The second kappa shape index (κ2) is 5.44. The van der Waals surface area contributed by atoms with Gasteiger partial charge in [0.2, 0.25) is 0 Å². The number of rotatable bonds is 1. The van der Waals surface area contributed by atoms with Gasteiger partial charge in [0.15, 0.2) is 11.6 Å². The molecule has 0 bridgehead atoms. The van der Waals surface area contributed by atoms with Crippen molar-refractivity contribution in [2.45, 2.75) is 54.0 Å². The summed E-state index contributed by atoms with van der Waals surface area (Å²) in [4.78, 5) is 25.0. The molecule has 5 heteroatoms. The minimum Gasteiger partial charge on any atom is -0.304 e. The summed E-state index contributed by atoms with van der Waals surface area (Å²) in [7, 11) is 0. The van der Waals surface area contributed by atoms with E-state index in [1.807, 2.05) is 47.6 Å². The van der Waals surface area contributed by atoms with Gasteiger partial charge < -0.3 is 5.43 Å². The van der Waals surface area contributed by atoms with E-state index in [1.165, 1.54) is 0 Å². The summed E-state index contributed by atoms with van der Waals surface area (Å²) in [5.74, 6) is -1.58. The van der Waals surface area contributed by atoms with Gasteiger partial charge in [-0.3, -0.25) is 9.59 Å². The van der Waals surface area contributed by atoms with E-state index in [0.717, 1.165) is 0 Å². The SMILES string of the molecule is CC1=C(C#N)C(=O)C(C(C)(C)C)C(=O)/C1=N\NC(C)(C)C. The van der Waals surface area contributed by atoms with Crippen molar-refractivity contribution in [3.8, 4) is 6.07 Å². The number of carbonyl (C=O) groups is 2. The minimum atomic E-state index is -0.864. The van der Waals surface area contributed by atoms with Gasteiger partial charge in [0, 0.05) is 11.1 Å². The van der Waals surface area contributed by atoms with Crippen LogP contribution in [0.15, 0.2) is 16.2 Å². The van der Waals surface area contributed by atoms with Crippen LogP contribution >= 0.6 is 0 Å². The van der Waals surface area contributed by atoms with Crippen LogP contribution < -0.4 is 5.43 Å². The van der Waals surface area contributed by atoms with Crippen LogP contribution in [0.1, 0.15) is 48.5 Å². The molecule has 0 heterocycles. The molecule has 114 valence electrons. The van der Waals surface area contributed by atoms with E-state index in [2.05, 4.69) is 10.5 Å². The second-order valence-corrected chi connectivity index (χ2v) is 7.46. The monoisotopic (exact) mass is 289 g/mol. The van der Waals surface area contributed by atoms with Crippen molar-refractivity contribution in [2.24, 2.45) is 16.4 Å². The first-order chi connectivity index (χ1) is 9.40. The van der Waals surface area contributed by atoms with Gasteiger partial charge in [-0.15, -0.1) is 0 Å². The number of hydrazone groups is 1. The number of nitrogens with one attached hydrogen (secondary N) is 1. The molecule has 1 aliphatic carbocycles. The topological polar surface area (TPSA) is 82.3 Å². The van der Waals surface area contributed by atoms with Crippen LogP contribution in [0.3, 0.4) is 0 Å².